The van der Waals surface area contributed by atoms with Crippen LogP contribution in [0.2, 0.25) is 0 Å². The summed E-state index contributed by atoms with van der Waals surface area (Å²) < 4.78 is 0. The Morgan fingerprint density at radius 2 is 2.08 bits per heavy atom. The fraction of sp³-hybridized carbons (Fsp3) is 0.300. The fourth-order valence-corrected chi connectivity index (χ4v) is 1.08. The highest BCUT2D eigenvalue weighted by Crippen LogP contribution is 2.09. The van der Waals surface area contributed by atoms with Crippen LogP contribution in [0.25, 0.3) is 0 Å². The van der Waals surface area contributed by atoms with Crippen molar-refractivity contribution in [3.05, 3.63) is 35.9 Å². The lowest BCUT2D eigenvalue weighted by molar-refractivity contribution is -0.119. The van der Waals surface area contributed by atoms with Gasteiger partial charge in [-0.2, -0.15) is 0 Å². The minimum Gasteiger partial charge on any atom is -0.350 e. The molecule has 0 saturated carbocycles. The van der Waals surface area contributed by atoms with Crippen LogP contribution in [0, 0.1) is 6.07 Å². The van der Waals surface area contributed by atoms with Crippen molar-refractivity contribution in [2.75, 3.05) is 0 Å². The average Bonchev–Trinajstić information content (AvgIpc) is 2.05. The van der Waals surface area contributed by atoms with Gasteiger partial charge in [0.25, 0.3) is 0 Å². The lowest BCUT2D eigenvalue weighted by Gasteiger charge is -2.11. The van der Waals surface area contributed by atoms with Gasteiger partial charge in [0.05, 0.1) is 6.04 Å². The molecule has 0 spiro atoms. The van der Waals surface area contributed by atoms with Crippen molar-refractivity contribution in [3.8, 4) is 0 Å². The van der Waals surface area contributed by atoms with E-state index < -0.39 is 0 Å². The topological polar surface area (TPSA) is 29.1 Å². The lowest BCUT2D eigenvalue weighted by Crippen LogP contribution is -2.23. The number of nitrogens with one attached hydrogen (secondary N) is 1. The third-order valence-electron chi connectivity index (χ3n) is 1.66. The largest absolute Gasteiger partial charge is 0.350 e. The molecule has 0 unspecified atom stereocenters. The molecule has 1 N–H and O–H groups in total. The maximum Gasteiger partial charge on any atom is 0.217 e. The van der Waals surface area contributed by atoms with Crippen molar-refractivity contribution in [1.82, 2.24) is 5.32 Å². The molecule has 0 aliphatic carbocycles. The fourth-order valence-electron chi connectivity index (χ4n) is 1.08. The number of amides is 1. The summed E-state index contributed by atoms with van der Waals surface area (Å²) in [7, 11) is 0. The molecule has 1 aromatic carbocycles. The Bertz CT molecular complexity index is 256. The van der Waals surface area contributed by atoms with Crippen LogP contribution < -0.4 is 5.32 Å². The first-order valence-electron chi connectivity index (χ1n) is 3.93. The number of benzene rings is 1. The first-order valence-corrected chi connectivity index (χ1v) is 3.93. The summed E-state index contributed by atoms with van der Waals surface area (Å²) in [5.41, 5.74) is 1.10. The highest BCUT2D eigenvalue weighted by molar-refractivity contribution is 5.73. The zero-order chi connectivity index (χ0) is 8.97. The van der Waals surface area contributed by atoms with Crippen LogP contribution in [0.5, 0.6) is 0 Å². The van der Waals surface area contributed by atoms with Gasteiger partial charge in [-0.3, -0.25) is 4.79 Å². The number of hydrogen-bond acceptors (Lipinski definition) is 1. The van der Waals surface area contributed by atoms with E-state index in [4.69, 9.17) is 0 Å². The van der Waals surface area contributed by atoms with Crippen LogP contribution in [0.3, 0.4) is 0 Å². The van der Waals surface area contributed by atoms with E-state index in [9.17, 15) is 4.79 Å². The standard InChI is InChI=1S/C10H12NO/c1-8(11-9(2)12)10-6-4-3-5-7-10/h4-8H,1-2H3,(H,11,12)/t8-/m0/s1. The van der Waals surface area contributed by atoms with Crippen molar-refractivity contribution < 1.29 is 4.79 Å². The van der Waals surface area contributed by atoms with Gasteiger partial charge in [-0.05, 0) is 18.6 Å². The second-order valence-corrected chi connectivity index (χ2v) is 2.76. The van der Waals surface area contributed by atoms with Crippen molar-refractivity contribution in [2.45, 2.75) is 19.9 Å². The van der Waals surface area contributed by atoms with Gasteiger partial charge in [-0.25, -0.2) is 0 Å². The molecule has 0 aliphatic rings. The molecule has 0 aliphatic heterocycles. The van der Waals surface area contributed by atoms with Crippen molar-refractivity contribution in [1.29, 1.82) is 0 Å². The van der Waals surface area contributed by atoms with Crippen LogP contribution in [-0.4, -0.2) is 5.91 Å². The number of carbonyl (C=O) groups excluding carboxylic acids is 1. The van der Waals surface area contributed by atoms with Gasteiger partial charge in [-0.1, -0.05) is 24.3 Å². The molecule has 2 nitrogen and oxygen atoms in total. The molecular weight excluding hydrogens is 150 g/mol. The first kappa shape index (κ1) is 8.78. The second-order valence-electron chi connectivity index (χ2n) is 2.76. The first-order chi connectivity index (χ1) is 5.70. The van der Waals surface area contributed by atoms with Gasteiger partial charge in [0.15, 0.2) is 0 Å². The molecule has 12 heavy (non-hydrogen) atoms. The zero-order valence-corrected chi connectivity index (χ0v) is 7.29. The lowest BCUT2D eigenvalue weighted by atomic mass is 10.1. The summed E-state index contributed by atoms with van der Waals surface area (Å²) >= 11 is 0. The molecule has 63 valence electrons. The van der Waals surface area contributed by atoms with Crippen LogP contribution in [0.1, 0.15) is 25.5 Å². The minimum atomic E-state index is -0.00432. The van der Waals surface area contributed by atoms with Gasteiger partial charge < -0.3 is 5.32 Å². The minimum absolute atomic E-state index is 0.00432. The van der Waals surface area contributed by atoms with Crippen molar-refractivity contribution in [3.63, 3.8) is 0 Å². The number of carbonyl (C=O) groups is 1. The molecule has 0 fully saturated rings. The smallest absolute Gasteiger partial charge is 0.217 e. The zero-order valence-electron chi connectivity index (χ0n) is 7.29. The highest BCUT2D eigenvalue weighted by Gasteiger charge is 2.03. The third-order valence-corrected chi connectivity index (χ3v) is 1.66. The quantitative estimate of drug-likeness (QED) is 0.704. The van der Waals surface area contributed by atoms with Crippen LogP contribution in [-0.2, 0) is 4.79 Å². The molecule has 1 rings (SSSR count). The Morgan fingerprint density at radius 3 is 2.58 bits per heavy atom. The van der Waals surface area contributed by atoms with Crippen LogP contribution in [0.15, 0.2) is 24.3 Å². The van der Waals surface area contributed by atoms with E-state index in [-0.39, 0.29) is 11.9 Å². The van der Waals surface area contributed by atoms with Gasteiger partial charge in [-0.15, -0.1) is 0 Å². The maximum atomic E-state index is 10.7. The predicted molar refractivity (Wildman–Crippen MR) is 47.5 cm³/mol. The van der Waals surface area contributed by atoms with Gasteiger partial charge in [0.1, 0.15) is 0 Å². The summed E-state index contributed by atoms with van der Waals surface area (Å²) in [6.07, 6.45) is 0. The average molecular weight is 162 g/mol. The molecule has 1 aromatic rings. The summed E-state index contributed by atoms with van der Waals surface area (Å²) in [5.74, 6) is -0.00432. The predicted octanol–water partition coefficient (Wildman–Crippen LogP) is 1.68. The van der Waals surface area contributed by atoms with E-state index in [0.29, 0.717) is 0 Å². The normalized spacial score (nSPS) is 12.2. The maximum absolute atomic E-state index is 10.7. The van der Waals surface area contributed by atoms with E-state index in [0.717, 1.165) is 5.56 Å². The van der Waals surface area contributed by atoms with E-state index in [1.807, 2.05) is 31.2 Å². The molecule has 0 aromatic heterocycles. The van der Waals surface area contributed by atoms with Gasteiger partial charge in [0, 0.05) is 6.92 Å². The van der Waals surface area contributed by atoms with E-state index >= 15 is 0 Å². The van der Waals surface area contributed by atoms with Crippen molar-refractivity contribution >= 4 is 5.91 Å². The highest BCUT2D eigenvalue weighted by atomic mass is 16.1. The summed E-state index contributed by atoms with van der Waals surface area (Å²) in [6.45, 7) is 3.47. The molecule has 2 heteroatoms. The van der Waals surface area contributed by atoms with E-state index in [1.165, 1.54) is 6.92 Å². The summed E-state index contributed by atoms with van der Waals surface area (Å²) in [6, 6.07) is 10.6. The summed E-state index contributed by atoms with van der Waals surface area (Å²) in [4.78, 5) is 10.7. The third kappa shape index (κ3) is 2.38. The Labute approximate surface area is 72.6 Å². The van der Waals surface area contributed by atoms with Crippen LogP contribution >= 0.6 is 0 Å². The second kappa shape index (κ2) is 3.90. The molecular formula is C10H12NO. The van der Waals surface area contributed by atoms with Gasteiger partial charge >= 0.3 is 0 Å². The molecule has 1 amide bonds. The SMILES string of the molecule is CC(=O)N[C@@H](C)c1cc[c]cc1. The van der Waals surface area contributed by atoms with Crippen LogP contribution in [0.4, 0.5) is 0 Å². The molecule has 0 saturated heterocycles. The molecule has 1 atom stereocenters. The Kier molecular flexibility index (Phi) is 2.86. The monoisotopic (exact) mass is 162 g/mol. The number of hydrogen-bond donors (Lipinski definition) is 1. The van der Waals surface area contributed by atoms with Gasteiger partial charge in [0.2, 0.25) is 5.91 Å². The Balaban J connectivity index is 2.65. The number of rotatable bonds is 2. The molecule has 0 heterocycles. The Morgan fingerprint density at radius 1 is 1.50 bits per heavy atom. The molecule has 0 bridgehead atoms. The van der Waals surface area contributed by atoms with E-state index in [2.05, 4.69) is 11.4 Å². The van der Waals surface area contributed by atoms with E-state index in [1.54, 1.807) is 0 Å². The Hall–Kier alpha value is -1.31. The van der Waals surface area contributed by atoms with Crippen molar-refractivity contribution in [2.24, 2.45) is 0 Å². The molecule has 1 radical (unpaired) electrons. The summed E-state index contributed by atoms with van der Waals surface area (Å²) in [5, 5.41) is 2.81.